The molecule has 1 aliphatic rings. The summed E-state index contributed by atoms with van der Waals surface area (Å²) in [7, 11) is 1.54. The van der Waals surface area contributed by atoms with Gasteiger partial charge in [0.15, 0.2) is 0 Å². The quantitative estimate of drug-likeness (QED) is 0.604. The van der Waals surface area contributed by atoms with Crippen molar-refractivity contribution in [2.24, 2.45) is 5.92 Å². The van der Waals surface area contributed by atoms with Crippen molar-refractivity contribution in [2.45, 2.75) is 79.4 Å². The van der Waals surface area contributed by atoms with Crippen molar-refractivity contribution in [1.82, 2.24) is 5.32 Å². The standard InChI is InChI=1S/C9H11NO2.C8H13F3O.2C2H6/c1-10-9(11)12-7-8-5-3-2-4-6-8;1-2-6-3-4-7(5-6)12-8(9,10)11;2*1-2/h2-6H,7H2,1H3,(H,10,11);6-7H,2-5H2,1H3;2*1-2H3. The summed E-state index contributed by atoms with van der Waals surface area (Å²) in [6.07, 6.45) is -2.50. The van der Waals surface area contributed by atoms with Gasteiger partial charge < -0.3 is 10.1 Å². The van der Waals surface area contributed by atoms with Gasteiger partial charge in [-0.25, -0.2) is 4.79 Å². The fourth-order valence-corrected chi connectivity index (χ4v) is 2.49. The number of alkyl halides is 3. The lowest BCUT2D eigenvalue weighted by molar-refractivity contribution is -0.341. The summed E-state index contributed by atoms with van der Waals surface area (Å²) in [5, 5.41) is 2.37. The van der Waals surface area contributed by atoms with Crippen LogP contribution in [0.15, 0.2) is 30.3 Å². The second kappa shape index (κ2) is 17.3. The molecule has 1 saturated carbocycles. The van der Waals surface area contributed by atoms with Crippen molar-refractivity contribution in [3.8, 4) is 0 Å². The minimum Gasteiger partial charge on any atom is -0.445 e. The van der Waals surface area contributed by atoms with Crippen molar-refractivity contribution in [2.75, 3.05) is 7.05 Å². The summed E-state index contributed by atoms with van der Waals surface area (Å²) in [4.78, 5) is 10.7. The van der Waals surface area contributed by atoms with Crippen LogP contribution >= 0.6 is 0 Å². The number of halogens is 3. The van der Waals surface area contributed by atoms with Gasteiger partial charge in [0.2, 0.25) is 0 Å². The molecular formula is C21H36F3NO3. The number of nitrogens with one attached hydrogen (secondary N) is 1. The number of benzene rings is 1. The zero-order valence-corrected chi connectivity index (χ0v) is 17.9. The molecule has 1 N–H and O–H groups in total. The van der Waals surface area contributed by atoms with E-state index in [0.29, 0.717) is 25.4 Å². The van der Waals surface area contributed by atoms with Gasteiger partial charge in [0, 0.05) is 7.05 Å². The third kappa shape index (κ3) is 15.3. The van der Waals surface area contributed by atoms with Crippen LogP contribution in [0, 0.1) is 5.92 Å². The van der Waals surface area contributed by atoms with E-state index in [1.807, 2.05) is 65.0 Å². The monoisotopic (exact) mass is 407 g/mol. The van der Waals surface area contributed by atoms with Crippen LogP contribution in [0.2, 0.25) is 0 Å². The van der Waals surface area contributed by atoms with Crippen LogP contribution in [0.4, 0.5) is 18.0 Å². The normalized spacial score (nSPS) is 17.6. The molecule has 2 atom stereocenters. The molecule has 0 saturated heterocycles. The van der Waals surface area contributed by atoms with Crippen molar-refractivity contribution >= 4 is 6.09 Å². The first-order valence-corrected chi connectivity index (χ1v) is 9.97. The average Bonchev–Trinajstić information content (AvgIpc) is 3.16. The van der Waals surface area contributed by atoms with E-state index in [-0.39, 0.29) is 0 Å². The lowest BCUT2D eigenvalue weighted by Crippen LogP contribution is -2.21. The van der Waals surface area contributed by atoms with Crippen LogP contribution in [0.5, 0.6) is 0 Å². The van der Waals surface area contributed by atoms with Gasteiger partial charge in [-0.3, -0.25) is 4.74 Å². The van der Waals surface area contributed by atoms with Gasteiger partial charge in [0.1, 0.15) is 6.61 Å². The molecule has 0 spiro atoms. The zero-order chi connectivity index (χ0) is 22.0. The fraction of sp³-hybridized carbons (Fsp3) is 0.667. The molecule has 1 aromatic rings. The second-order valence-corrected chi connectivity index (χ2v) is 5.58. The smallest absolute Gasteiger partial charge is 0.445 e. The molecule has 2 rings (SSSR count). The summed E-state index contributed by atoms with van der Waals surface area (Å²) < 4.78 is 43.9. The molecule has 1 fully saturated rings. The van der Waals surface area contributed by atoms with E-state index in [1.54, 1.807) is 0 Å². The number of rotatable bonds is 4. The van der Waals surface area contributed by atoms with Crippen molar-refractivity contribution in [1.29, 1.82) is 0 Å². The summed E-state index contributed by atoms with van der Waals surface area (Å²) in [5.74, 6) is 0.428. The molecular weight excluding hydrogens is 371 g/mol. The van der Waals surface area contributed by atoms with E-state index in [2.05, 4.69) is 10.1 Å². The van der Waals surface area contributed by atoms with Crippen LogP contribution in [-0.2, 0) is 16.1 Å². The number of alkyl carbamates (subject to hydrolysis) is 1. The molecule has 28 heavy (non-hydrogen) atoms. The number of amides is 1. The SMILES string of the molecule is CC.CC.CCC1CCC(OC(F)(F)F)C1.CNC(=O)OCc1ccccc1. The fourth-order valence-electron chi connectivity index (χ4n) is 2.49. The van der Waals surface area contributed by atoms with Gasteiger partial charge in [-0.2, -0.15) is 0 Å². The van der Waals surface area contributed by atoms with Crippen LogP contribution in [0.1, 0.15) is 65.9 Å². The molecule has 1 amide bonds. The van der Waals surface area contributed by atoms with Gasteiger partial charge in [0.25, 0.3) is 0 Å². The molecule has 0 radical (unpaired) electrons. The molecule has 0 bridgehead atoms. The molecule has 1 aliphatic carbocycles. The Bertz CT molecular complexity index is 482. The van der Waals surface area contributed by atoms with Crippen LogP contribution in [-0.4, -0.2) is 25.6 Å². The highest BCUT2D eigenvalue weighted by atomic mass is 19.4. The number of ether oxygens (including phenoxy) is 2. The Hall–Kier alpha value is -1.76. The Morgan fingerprint density at radius 3 is 2.11 bits per heavy atom. The van der Waals surface area contributed by atoms with E-state index in [1.165, 1.54) is 7.05 Å². The lowest BCUT2D eigenvalue weighted by Gasteiger charge is -2.13. The number of hydrogen-bond donors (Lipinski definition) is 1. The molecule has 1 aromatic carbocycles. The van der Waals surface area contributed by atoms with E-state index in [0.717, 1.165) is 18.4 Å². The first kappa shape index (κ1) is 28.4. The Kier molecular flexibility index (Phi) is 17.6. The maximum absolute atomic E-state index is 11.7. The largest absolute Gasteiger partial charge is 0.522 e. The first-order valence-electron chi connectivity index (χ1n) is 9.97. The number of carbonyl (C=O) groups excluding carboxylic acids is 1. The van der Waals surface area contributed by atoms with Crippen LogP contribution in [0.3, 0.4) is 0 Å². The van der Waals surface area contributed by atoms with Crippen LogP contribution in [0.25, 0.3) is 0 Å². The number of carbonyl (C=O) groups is 1. The summed E-state index contributed by atoms with van der Waals surface area (Å²) in [6, 6.07) is 9.54. The minimum absolute atomic E-state index is 0.320. The Morgan fingerprint density at radius 1 is 1.11 bits per heavy atom. The Balaban J connectivity index is 0. The van der Waals surface area contributed by atoms with E-state index in [4.69, 9.17) is 4.74 Å². The highest BCUT2D eigenvalue weighted by Crippen LogP contribution is 2.33. The third-order valence-electron chi connectivity index (χ3n) is 3.79. The van der Waals surface area contributed by atoms with Crippen molar-refractivity contribution in [3.05, 3.63) is 35.9 Å². The maximum Gasteiger partial charge on any atom is 0.522 e. The van der Waals surface area contributed by atoms with Gasteiger partial charge >= 0.3 is 12.5 Å². The Labute approximate surface area is 167 Å². The zero-order valence-electron chi connectivity index (χ0n) is 17.9. The van der Waals surface area contributed by atoms with Gasteiger partial charge in [0.05, 0.1) is 6.10 Å². The van der Waals surface area contributed by atoms with Gasteiger partial charge in [-0.05, 0) is 30.7 Å². The summed E-state index contributed by atoms with van der Waals surface area (Å²) in [5.41, 5.74) is 0.987. The topological polar surface area (TPSA) is 47.6 Å². The van der Waals surface area contributed by atoms with Crippen molar-refractivity contribution < 1.29 is 27.4 Å². The molecule has 164 valence electrons. The van der Waals surface area contributed by atoms with Crippen molar-refractivity contribution in [3.63, 3.8) is 0 Å². The maximum atomic E-state index is 11.7. The number of hydrogen-bond acceptors (Lipinski definition) is 3. The van der Waals surface area contributed by atoms with Gasteiger partial charge in [-0.1, -0.05) is 71.4 Å². The first-order chi connectivity index (χ1) is 13.3. The third-order valence-corrected chi connectivity index (χ3v) is 3.79. The lowest BCUT2D eigenvalue weighted by atomic mass is 10.1. The summed E-state index contributed by atoms with van der Waals surface area (Å²) >= 11 is 0. The molecule has 4 nitrogen and oxygen atoms in total. The summed E-state index contributed by atoms with van der Waals surface area (Å²) in [6.45, 7) is 10.3. The molecule has 0 aliphatic heterocycles. The minimum atomic E-state index is -4.45. The van der Waals surface area contributed by atoms with Crippen LogP contribution < -0.4 is 5.32 Å². The predicted molar refractivity (Wildman–Crippen MR) is 107 cm³/mol. The average molecular weight is 408 g/mol. The van der Waals surface area contributed by atoms with Gasteiger partial charge in [-0.15, -0.1) is 13.2 Å². The highest BCUT2D eigenvalue weighted by molar-refractivity contribution is 5.66. The highest BCUT2D eigenvalue weighted by Gasteiger charge is 2.36. The molecule has 0 aromatic heterocycles. The second-order valence-electron chi connectivity index (χ2n) is 5.58. The van der Waals surface area contributed by atoms with E-state index >= 15 is 0 Å². The Morgan fingerprint density at radius 2 is 1.68 bits per heavy atom. The molecule has 0 heterocycles. The molecule has 2 unspecified atom stereocenters. The van der Waals surface area contributed by atoms with E-state index in [9.17, 15) is 18.0 Å². The predicted octanol–water partition coefficient (Wildman–Crippen LogP) is 6.70. The molecule has 7 heteroatoms. The van der Waals surface area contributed by atoms with E-state index < -0.39 is 18.6 Å².